The minimum Gasteiger partial charge on any atom is -0.383 e. The van der Waals surface area contributed by atoms with Gasteiger partial charge in [0.1, 0.15) is 11.5 Å². The highest BCUT2D eigenvalue weighted by Crippen LogP contribution is 2.39. The molecule has 3 nitrogen and oxygen atoms in total. The zero-order valence-electron chi connectivity index (χ0n) is 10.3. The summed E-state index contributed by atoms with van der Waals surface area (Å²) in [6.07, 6.45) is 4.34. The Labute approximate surface area is 101 Å². The van der Waals surface area contributed by atoms with E-state index in [0.717, 1.165) is 17.1 Å². The smallest absolute Gasteiger partial charge is 0.131 e. The van der Waals surface area contributed by atoms with Crippen molar-refractivity contribution in [1.29, 1.82) is 0 Å². The minimum atomic E-state index is 0.585. The van der Waals surface area contributed by atoms with E-state index in [1.54, 1.807) is 0 Å². The topological polar surface area (TPSA) is 43.8 Å². The molecule has 3 rings (SSSR count). The molecule has 0 bridgehead atoms. The first-order valence-electron chi connectivity index (χ1n) is 6.07. The number of nitrogens with zero attached hydrogens (tertiary/aromatic N) is 2. The third kappa shape index (κ3) is 1.62. The average Bonchev–Trinajstić information content (AvgIpc) is 3.08. The number of imidazole rings is 1. The second-order valence-corrected chi connectivity index (χ2v) is 4.86. The third-order valence-electron chi connectivity index (χ3n) is 3.63. The monoisotopic (exact) mass is 227 g/mol. The molecule has 0 spiro atoms. The third-order valence-corrected chi connectivity index (χ3v) is 3.63. The molecule has 1 aliphatic rings. The molecule has 1 aromatic carbocycles. The minimum absolute atomic E-state index is 0.585. The summed E-state index contributed by atoms with van der Waals surface area (Å²) in [6, 6.07) is 6.86. The summed E-state index contributed by atoms with van der Waals surface area (Å²) in [5, 5.41) is 0. The Morgan fingerprint density at radius 2 is 2.06 bits per heavy atom. The lowest BCUT2D eigenvalue weighted by Crippen LogP contribution is -2.00. The SMILES string of the molecule is Cc1cccc(-c2ncn(C3CC3)c2N)c1C. The number of nitrogens with two attached hydrogens (primary N) is 1. The lowest BCUT2D eigenvalue weighted by atomic mass is 10.0. The van der Waals surface area contributed by atoms with Gasteiger partial charge in [-0.3, -0.25) is 0 Å². The summed E-state index contributed by atoms with van der Waals surface area (Å²) >= 11 is 0. The van der Waals surface area contributed by atoms with E-state index < -0.39 is 0 Å². The molecular formula is C14H17N3. The second-order valence-electron chi connectivity index (χ2n) is 4.86. The number of benzene rings is 1. The van der Waals surface area contributed by atoms with Gasteiger partial charge < -0.3 is 10.3 Å². The standard InChI is InChI=1S/C14H17N3/c1-9-4-3-5-12(10(9)2)13-14(15)17(8-16-13)11-6-7-11/h3-5,8,11H,6-7,15H2,1-2H3. The van der Waals surface area contributed by atoms with Crippen molar-refractivity contribution < 1.29 is 0 Å². The molecule has 0 radical (unpaired) electrons. The second kappa shape index (κ2) is 3.62. The van der Waals surface area contributed by atoms with Gasteiger partial charge in [-0.1, -0.05) is 18.2 Å². The van der Waals surface area contributed by atoms with Crippen LogP contribution in [-0.4, -0.2) is 9.55 Å². The highest BCUT2D eigenvalue weighted by atomic mass is 15.2. The first-order chi connectivity index (χ1) is 8.18. The lowest BCUT2D eigenvalue weighted by molar-refractivity contribution is 0.751. The quantitative estimate of drug-likeness (QED) is 0.856. The number of aromatic nitrogens is 2. The van der Waals surface area contributed by atoms with Gasteiger partial charge in [-0.05, 0) is 37.8 Å². The van der Waals surface area contributed by atoms with E-state index in [0.29, 0.717) is 6.04 Å². The van der Waals surface area contributed by atoms with Crippen LogP contribution in [0, 0.1) is 13.8 Å². The van der Waals surface area contributed by atoms with Gasteiger partial charge in [0.25, 0.3) is 0 Å². The molecule has 1 heterocycles. The molecule has 0 aliphatic heterocycles. The van der Waals surface area contributed by atoms with Crippen LogP contribution in [0.25, 0.3) is 11.3 Å². The maximum absolute atomic E-state index is 6.20. The molecule has 0 atom stereocenters. The van der Waals surface area contributed by atoms with Crippen molar-refractivity contribution >= 4 is 5.82 Å². The molecule has 88 valence electrons. The number of hydrogen-bond acceptors (Lipinski definition) is 2. The van der Waals surface area contributed by atoms with Crippen molar-refractivity contribution in [2.24, 2.45) is 0 Å². The van der Waals surface area contributed by atoms with Gasteiger partial charge in [-0.25, -0.2) is 4.98 Å². The van der Waals surface area contributed by atoms with Crippen LogP contribution < -0.4 is 5.73 Å². The van der Waals surface area contributed by atoms with E-state index in [-0.39, 0.29) is 0 Å². The number of nitrogen functional groups attached to an aromatic ring is 1. The Balaban J connectivity index is 2.12. The van der Waals surface area contributed by atoms with Crippen molar-refractivity contribution in [3.05, 3.63) is 35.7 Å². The molecule has 0 saturated heterocycles. The van der Waals surface area contributed by atoms with Crippen LogP contribution >= 0.6 is 0 Å². The molecule has 0 amide bonds. The molecule has 3 heteroatoms. The van der Waals surface area contributed by atoms with Crippen LogP contribution in [0.3, 0.4) is 0 Å². The summed E-state index contributed by atoms with van der Waals surface area (Å²) in [5.74, 6) is 0.807. The normalized spacial score (nSPS) is 15.2. The van der Waals surface area contributed by atoms with E-state index in [4.69, 9.17) is 5.73 Å². The predicted octanol–water partition coefficient (Wildman–Crippen LogP) is 3.08. The van der Waals surface area contributed by atoms with Gasteiger partial charge in [-0.2, -0.15) is 0 Å². The number of aryl methyl sites for hydroxylation is 1. The fourth-order valence-electron chi connectivity index (χ4n) is 2.23. The highest BCUT2D eigenvalue weighted by Gasteiger charge is 2.26. The zero-order valence-corrected chi connectivity index (χ0v) is 10.3. The molecule has 2 N–H and O–H groups in total. The van der Waals surface area contributed by atoms with Gasteiger partial charge in [0.15, 0.2) is 0 Å². The number of rotatable bonds is 2. The predicted molar refractivity (Wildman–Crippen MR) is 69.8 cm³/mol. The molecule has 0 unspecified atom stereocenters. The fraction of sp³-hybridized carbons (Fsp3) is 0.357. The Bertz CT molecular complexity index is 565. The zero-order chi connectivity index (χ0) is 12.0. The van der Waals surface area contributed by atoms with E-state index in [9.17, 15) is 0 Å². The fourth-order valence-corrected chi connectivity index (χ4v) is 2.23. The molecule has 1 aliphatic carbocycles. The molecular weight excluding hydrogens is 210 g/mol. The van der Waals surface area contributed by atoms with Gasteiger partial charge >= 0.3 is 0 Å². The molecule has 17 heavy (non-hydrogen) atoms. The van der Waals surface area contributed by atoms with Crippen molar-refractivity contribution in [2.45, 2.75) is 32.7 Å². The Morgan fingerprint density at radius 1 is 1.29 bits per heavy atom. The van der Waals surface area contributed by atoms with E-state index in [1.165, 1.54) is 24.0 Å². The molecule has 1 aromatic heterocycles. The Morgan fingerprint density at radius 3 is 2.76 bits per heavy atom. The Kier molecular flexibility index (Phi) is 2.21. The lowest BCUT2D eigenvalue weighted by Gasteiger charge is -2.08. The maximum Gasteiger partial charge on any atom is 0.131 e. The van der Waals surface area contributed by atoms with Crippen LogP contribution in [-0.2, 0) is 0 Å². The van der Waals surface area contributed by atoms with Gasteiger partial charge in [0.2, 0.25) is 0 Å². The van der Waals surface area contributed by atoms with Gasteiger partial charge in [-0.15, -0.1) is 0 Å². The van der Waals surface area contributed by atoms with Crippen molar-refractivity contribution in [3.63, 3.8) is 0 Å². The van der Waals surface area contributed by atoms with Crippen molar-refractivity contribution in [2.75, 3.05) is 5.73 Å². The maximum atomic E-state index is 6.20. The van der Waals surface area contributed by atoms with Crippen LogP contribution in [0.2, 0.25) is 0 Å². The first kappa shape index (κ1) is 10.4. The molecule has 1 saturated carbocycles. The largest absolute Gasteiger partial charge is 0.383 e. The van der Waals surface area contributed by atoms with Crippen LogP contribution in [0.15, 0.2) is 24.5 Å². The summed E-state index contributed by atoms with van der Waals surface area (Å²) in [4.78, 5) is 4.49. The summed E-state index contributed by atoms with van der Waals surface area (Å²) in [5.41, 5.74) is 10.8. The van der Waals surface area contributed by atoms with Crippen LogP contribution in [0.5, 0.6) is 0 Å². The van der Waals surface area contributed by atoms with Gasteiger partial charge in [0.05, 0.1) is 6.33 Å². The van der Waals surface area contributed by atoms with Crippen molar-refractivity contribution in [3.8, 4) is 11.3 Å². The first-order valence-corrected chi connectivity index (χ1v) is 6.07. The molecule has 2 aromatic rings. The number of hydrogen-bond donors (Lipinski definition) is 1. The molecule has 1 fully saturated rings. The summed E-state index contributed by atoms with van der Waals surface area (Å²) < 4.78 is 2.11. The number of anilines is 1. The Hall–Kier alpha value is -1.77. The van der Waals surface area contributed by atoms with E-state index in [2.05, 4.69) is 41.6 Å². The summed E-state index contributed by atoms with van der Waals surface area (Å²) in [7, 11) is 0. The average molecular weight is 227 g/mol. The van der Waals surface area contributed by atoms with Crippen LogP contribution in [0.4, 0.5) is 5.82 Å². The van der Waals surface area contributed by atoms with Gasteiger partial charge in [0, 0.05) is 11.6 Å². The summed E-state index contributed by atoms with van der Waals surface area (Å²) in [6.45, 7) is 4.24. The highest BCUT2D eigenvalue weighted by molar-refractivity contribution is 5.74. The van der Waals surface area contributed by atoms with Crippen molar-refractivity contribution in [1.82, 2.24) is 9.55 Å². The van der Waals surface area contributed by atoms with Crippen LogP contribution in [0.1, 0.15) is 30.0 Å². The van der Waals surface area contributed by atoms with E-state index >= 15 is 0 Å². The van der Waals surface area contributed by atoms with E-state index in [1.807, 2.05) is 6.33 Å².